The lowest BCUT2D eigenvalue weighted by molar-refractivity contribution is -0.131. The van der Waals surface area contributed by atoms with Gasteiger partial charge in [-0.2, -0.15) is 0 Å². The molecule has 1 aromatic rings. The Bertz CT molecular complexity index is 517. The smallest absolute Gasteiger partial charge is 0.238 e. The van der Waals surface area contributed by atoms with E-state index < -0.39 is 0 Å². The average molecular weight is 288 g/mol. The van der Waals surface area contributed by atoms with Crippen molar-refractivity contribution in [2.75, 3.05) is 13.7 Å². The van der Waals surface area contributed by atoms with Gasteiger partial charge in [0.25, 0.3) is 0 Å². The Hall–Kier alpha value is -1.55. The van der Waals surface area contributed by atoms with Gasteiger partial charge in [0.2, 0.25) is 5.91 Å². The summed E-state index contributed by atoms with van der Waals surface area (Å²) in [6.07, 6.45) is 4.74. The maximum absolute atomic E-state index is 12.4. The number of carbonyl (C=O) groups excluding carboxylic acids is 1. The van der Waals surface area contributed by atoms with Crippen LogP contribution in [0, 0.1) is 5.92 Å². The molecule has 0 radical (unpaired) electrons. The number of rotatable bonds is 3. The molecule has 1 saturated heterocycles. The zero-order chi connectivity index (χ0) is 14.8. The Balaban J connectivity index is 1.84. The van der Waals surface area contributed by atoms with Crippen LogP contribution < -0.4 is 10.1 Å². The molecule has 3 atom stereocenters. The molecule has 1 heterocycles. The molecular weight excluding hydrogens is 264 g/mol. The highest BCUT2D eigenvalue weighted by Gasteiger charge is 2.38. The van der Waals surface area contributed by atoms with Crippen LogP contribution in [-0.4, -0.2) is 30.5 Å². The van der Waals surface area contributed by atoms with Crippen molar-refractivity contribution in [2.24, 2.45) is 5.92 Å². The van der Waals surface area contributed by atoms with E-state index >= 15 is 0 Å². The van der Waals surface area contributed by atoms with Gasteiger partial charge in [0.15, 0.2) is 0 Å². The topological polar surface area (TPSA) is 41.6 Å². The van der Waals surface area contributed by atoms with E-state index in [4.69, 9.17) is 4.74 Å². The monoisotopic (exact) mass is 288 g/mol. The largest absolute Gasteiger partial charge is 0.497 e. The number of ether oxygens (including phenoxy) is 1. The first-order chi connectivity index (χ1) is 10.2. The van der Waals surface area contributed by atoms with E-state index in [-0.39, 0.29) is 12.1 Å². The molecular formula is C17H24N2O2. The van der Waals surface area contributed by atoms with Crippen molar-refractivity contribution in [1.29, 1.82) is 0 Å². The molecule has 21 heavy (non-hydrogen) atoms. The van der Waals surface area contributed by atoms with Gasteiger partial charge in [0.1, 0.15) is 11.9 Å². The molecule has 3 unspecified atom stereocenters. The number of hydrogen-bond acceptors (Lipinski definition) is 3. The number of hydrogen-bond donors (Lipinski definition) is 1. The minimum atomic E-state index is -0.0112. The summed E-state index contributed by atoms with van der Waals surface area (Å²) < 4.78 is 5.31. The van der Waals surface area contributed by atoms with E-state index in [0.717, 1.165) is 24.2 Å². The normalized spacial score (nSPS) is 29.7. The third-order valence-corrected chi connectivity index (χ3v) is 4.72. The Morgan fingerprint density at radius 3 is 2.95 bits per heavy atom. The highest BCUT2D eigenvalue weighted by molar-refractivity contribution is 5.81. The number of carbonyl (C=O) groups is 1. The minimum Gasteiger partial charge on any atom is -0.497 e. The fourth-order valence-corrected chi connectivity index (χ4v) is 3.68. The van der Waals surface area contributed by atoms with Crippen molar-refractivity contribution in [3.63, 3.8) is 0 Å². The van der Waals surface area contributed by atoms with E-state index in [1.54, 1.807) is 7.11 Å². The van der Waals surface area contributed by atoms with Gasteiger partial charge in [-0.05, 0) is 36.5 Å². The second kappa shape index (κ2) is 6.06. The van der Waals surface area contributed by atoms with E-state index in [2.05, 4.69) is 23.2 Å². The van der Waals surface area contributed by atoms with Gasteiger partial charge in [0, 0.05) is 6.04 Å². The van der Waals surface area contributed by atoms with Crippen molar-refractivity contribution in [2.45, 2.75) is 44.8 Å². The molecule has 0 bridgehead atoms. The van der Waals surface area contributed by atoms with Gasteiger partial charge >= 0.3 is 0 Å². The average Bonchev–Trinajstić information content (AvgIpc) is 2.89. The first kappa shape index (κ1) is 14.4. The Labute approximate surface area is 126 Å². The Morgan fingerprint density at radius 2 is 2.19 bits per heavy atom. The lowest BCUT2D eigenvalue weighted by Gasteiger charge is -2.37. The summed E-state index contributed by atoms with van der Waals surface area (Å²) in [5.41, 5.74) is 1.11. The van der Waals surface area contributed by atoms with Crippen LogP contribution in [0.5, 0.6) is 5.75 Å². The highest BCUT2D eigenvalue weighted by Crippen LogP contribution is 2.34. The zero-order valence-electron chi connectivity index (χ0n) is 12.8. The van der Waals surface area contributed by atoms with Crippen molar-refractivity contribution < 1.29 is 9.53 Å². The van der Waals surface area contributed by atoms with Crippen molar-refractivity contribution in [3.05, 3.63) is 29.8 Å². The number of benzene rings is 1. The van der Waals surface area contributed by atoms with E-state index in [1.165, 1.54) is 12.8 Å². The highest BCUT2D eigenvalue weighted by atomic mass is 16.5. The summed E-state index contributed by atoms with van der Waals surface area (Å²) in [4.78, 5) is 14.4. The fraction of sp³-hybridized carbons (Fsp3) is 0.588. The fourth-order valence-electron chi connectivity index (χ4n) is 3.68. The predicted molar refractivity (Wildman–Crippen MR) is 82.0 cm³/mol. The second-order valence-electron chi connectivity index (χ2n) is 6.29. The van der Waals surface area contributed by atoms with E-state index in [9.17, 15) is 4.79 Å². The Morgan fingerprint density at radius 1 is 1.33 bits per heavy atom. The molecule has 2 fully saturated rings. The maximum atomic E-state index is 12.4. The van der Waals surface area contributed by atoms with Crippen LogP contribution in [0.3, 0.4) is 0 Å². The lowest BCUT2D eigenvalue weighted by Crippen LogP contribution is -2.42. The van der Waals surface area contributed by atoms with Crippen molar-refractivity contribution in [1.82, 2.24) is 10.2 Å². The molecule has 1 aliphatic heterocycles. The van der Waals surface area contributed by atoms with Gasteiger partial charge in [0.05, 0.1) is 13.7 Å². The van der Waals surface area contributed by atoms with Crippen LogP contribution >= 0.6 is 0 Å². The molecule has 3 rings (SSSR count). The van der Waals surface area contributed by atoms with Crippen LogP contribution in [0.4, 0.5) is 0 Å². The quantitative estimate of drug-likeness (QED) is 0.930. The number of amides is 1. The summed E-state index contributed by atoms with van der Waals surface area (Å²) in [6, 6.07) is 8.38. The maximum Gasteiger partial charge on any atom is 0.238 e. The lowest BCUT2D eigenvalue weighted by atomic mass is 9.86. The molecule has 1 saturated carbocycles. The van der Waals surface area contributed by atoms with Crippen LogP contribution in [0.1, 0.15) is 44.3 Å². The SMILES string of the molecule is COc1cccc(C2NCC(=O)N2C2CCCC(C)C2)c1. The molecule has 2 aliphatic rings. The molecule has 1 N–H and O–H groups in total. The summed E-state index contributed by atoms with van der Waals surface area (Å²) in [6.45, 7) is 2.73. The third kappa shape index (κ3) is 2.91. The van der Waals surface area contributed by atoms with Gasteiger partial charge in [-0.1, -0.05) is 31.9 Å². The Kier molecular flexibility index (Phi) is 4.15. The number of methoxy groups -OCH3 is 1. The van der Waals surface area contributed by atoms with Crippen molar-refractivity contribution in [3.8, 4) is 5.75 Å². The summed E-state index contributed by atoms with van der Waals surface area (Å²) in [5.74, 6) is 1.77. The third-order valence-electron chi connectivity index (χ3n) is 4.72. The van der Waals surface area contributed by atoms with E-state index in [1.807, 2.05) is 18.2 Å². The van der Waals surface area contributed by atoms with Gasteiger partial charge < -0.3 is 9.64 Å². The van der Waals surface area contributed by atoms with E-state index in [0.29, 0.717) is 18.5 Å². The van der Waals surface area contributed by atoms with Crippen LogP contribution in [-0.2, 0) is 4.79 Å². The molecule has 1 aromatic carbocycles. The number of nitrogens with one attached hydrogen (secondary N) is 1. The summed E-state index contributed by atoms with van der Waals surface area (Å²) >= 11 is 0. The molecule has 114 valence electrons. The standard InChI is InChI=1S/C17H24N2O2/c1-12-5-3-7-14(9-12)19-16(20)11-18-17(19)13-6-4-8-15(10-13)21-2/h4,6,8,10,12,14,17-18H,3,5,7,9,11H2,1-2H3. The van der Waals surface area contributed by atoms with Crippen LogP contribution in [0.2, 0.25) is 0 Å². The molecule has 4 heteroatoms. The second-order valence-corrected chi connectivity index (χ2v) is 6.29. The first-order valence-corrected chi connectivity index (χ1v) is 7.87. The van der Waals surface area contributed by atoms with Gasteiger partial charge in [-0.3, -0.25) is 10.1 Å². The molecule has 1 amide bonds. The van der Waals surface area contributed by atoms with Crippen LogP contribution in [0.25, 0.3) is 0 Å². The first-order valence-electron chi connectivity index (χ1n) is 7.87. The molecule has 0 aromatic heterocycles. The predicted octanol–water partition coefficient (Wildman–Crippen LogP) is 2.70. The minimum absolute atomic E-state index is 0.0112. The summed E-state index contributed by atoms with van der Waals surface area (Å²) in [7, 11) is 1.67. The van der Waals surface area contributed by atoms with Gasteiger partial charge in [-0.25, -0.2) is 0 Å². The zero-order valence-corrected chi connectivity index (χ0v) is 12.8. The summed E-state index contributed by atoms with van der Waals surface area (Å²) in [5, 5.41) is 3.36. The van der Waals surface area contributed by atoms with Gasteiger partial charge in [-0.15, -0.1) is 0 Å². The molecule has 4 nitrogen and oxygen atoms in total. The molecule has 0 spiro atoms. The molecule has 1 aliphatic carbocycles. The van der Waals surface area contributed by atoms with Crippen molar-refractivity contribution >= 4 is 5.91 Å². The number of nitrogens with zero attached hydrogens (tertiary/aromatic N) is 1. The van der Waals surface area contributed by atoms with Crippen LogP contribution in [0.15, 0.2) is 24.3 Å².